The van der Waals surface area contributed by atoms with Crippen molar-refractivity contribution in [2.45, 2.75) is 6.92 Å². The Morgan fingerprint density at radius 2 is 2.08 bits per heavy atom. The molecule has 4 nitrogen and oxygen atoms in total. The van der Waals surface area contributed by atoms with Crippen molar-refractivity contribution in [1.29, 1.82) is 0 Å². The van der Waals surface area contributed by atoms with Gasteiger partial charge < -0.3 is 10.1 Å². The molecule has 0 saturated carbocycles. The van der Waals surface area contributed by atoms with E-state index in [1.807, 2.05) is 55.5 Å². The van der Waals surface area contributed by atoms with Gasteiger partial charge in [-0.1, -0.05) is 18.2 Å². The molecule has 24 heavy (non-hydrogen) atoms. The fraction of sp³-hybridized carbons (Fsp3) is 0.111. The number of hydrogen-bond acceptors (Lipinski definition) is 4. The number of amidine groups is 1. The fourth-order valence-corrected chi connectivity index (χ4v) is 3.62. The second-order valence-corrected chi connectivity index (χ2v) is 7.10. The van der Waals surface area contributed by atoms with E-state index in [1.54, 1.807) is 7.11 Å². The normalized spacial score (nSPS) is 17.4. The number of amides is 1. The molecule has 1 N–H and O–H groups in total. The number of aryl methyl sites for hydroxylation is 1. The van der Waals surface area contributed by atoms with Crippen LogP contribution < -0.4 is 10.1 Å². The lowest BCUT2D eigenvalue weighted by atomic mass is 10.2. The molecule has 1 saturated heterocycles. The van der Waals surface area contributed by atoms with Crippen molar-refractivity contribution in [1.82, 2.24) is 5.32 Å². The molecule has 1 amide bonds. The molecule has 0 radical (unpaired) electrons. The van der Waals surface area contributed by atoms with E-state index in [-0.39, 0.29) is 5.91 Å². The minimum absolute atomic E-state index is 0.140. The molecule has 0 atom stereocenters. The van der Waals surface area contributed by atoms with Crippen molar-refractivity contribution in [3.63, 3.8) is 0 Å². The molecule has 0 aliphatic carbocycles. The molecular formula is C18H15BrN2O2S. The summed E-state index contributed by atoms with van der Waals surface area (Å²) >= 11 is 4.78. The fourth-order valence-electron chi connectivity index (χ4n) is 2.22. The Kier molecular flexibility index (Phi) is 5.06. The minimum atomic E-state index is -0.140. The zero-order valence-corrected chi connectivity index (χ0v) is 15.6. The van der Waals surface area contributed by atoms with Crippen molar-refractivity contribution < 1.29 is 9.53 Å². The van der Waals surface area contributed by atoms with Gasteiger partial charge in [0.25, 0.3) is 5.91 Å². The molecule has 1 fully saturated rings. The number of hydrogen-bond donors (Lipinski definition) is 1. The van der Waals surface area contributed by atoms with Gasteiger partial charge in [-0.25, -0.2) is 4.99 Å². The Balaban J connectivity index is 1.83. The number of thioether (sulfide) groups is 1. The first-order chi connectivity index (χ1) is 11.5. The molecule has 0 spiro atoms. The van der Waals surface area contributed by atoms with E-state index < -0.39 is 0 Å². The average Bonchev–Trinajstić information content (AvgIpc) is 2.87. The maximum Gasteiger partial charge on any atom is 0.264 e. The van der Waals surface area contributed by atoms with Crippen molar-refractivity contribution in [3.05, 3.63) is 63.0 Å². The minimum Gasteiger partial charge on any atom is -0.496 e. The summed E-state index contributed by atoms with van der Waals surface area (Å²) in [5.74, 6) is 0.612. The molecule has 1 aliphatic rings. The van der Waals surface area contributed by atoms with Crippen molar-refractivity contribution >= 4 is 50.5 Å². The second-order valence-electron chi connectivity index (χ2n) is 5.21. The first-order valence-corrected chi connectivity index (χ1v) is 8.86. The third kappa shape index (κ3) is 3.88. The first-order valence-electron chi connectivity index (χ1n) is 7.25. The predicted octanol–water partition coefficient (Wildman–Crippen LogP) is 4.66. The molecule has 1 aliphatic heterocycles. The van der Waals surface area contributed by atoms with Crippen LogP contribution in [0.4, 0.5) is 5.69 Å². The topological polar surface area (TPSA) is 50.7 Å². The molecule has 122 valence electrons. The molecule has 2 aromatic rings. The van der Waals surface area contributed by atoms with Gasteiger partial charge in [0.15, 0.2) is 5.17 Å². The van der Waals surface area contributed by atoms with Crippen molar-refractivity contribution in [2.24, 2.45) is 4.99 Å². The average molecular weight is 403 g/mol. The van der Waals surface area contributed by atoms with Gasteiger partial charge >= 0.3 is 0 Å². The van der Waals surface area contributed by atoms with Crippen LogP contribution in [0.25, 0.3) is 6.08 Å². The van der Waals surface area contributed by atoms with Crippen LogP contribution in [0.3, 0.4) is 0 Å². The number of aliphatic imine (C=N–C) groups is 1. The Bertz CT molecular complexity index is 862. The maximum atomic E-state index is 12.1. The van der Waals surface area contributed by atoms with Crippen LogP contribution in [0.1, 0.15) is 11.1 Å². The van der Waals surface area contributed by atoms with E-state index in [0.717, 1.165) is 27.0 Å². The molecule has 0 bridgehead atoms. The van der Waals surface area contributed by atoms with E-state index >= 15 is 0 Å². The van der Waals surface area contributed by atoms with Crippen molar-refractivity contribution in [2.75, 3.05) is 7.11 Å². The summed E-state index contributed by atoms with van der Waals surface area (Å²) in [5, 5.41) is 3.39. The third-order valence-corrected chi connectivity index (χ3v) is 4.89. The molecule has 6 heteroatoms. The molecule has 1 heterocycles. The number of rotatable bonds is 3. The van der Waals surface area contributed by atoms with Gasteiger partial charge in [-0.2, -0.15) is 0 Å². The summed E-state index contributed by atoms with van der Waals surface area (Å²) in [4.78, 5) is 17.2. The highest BCUT2D eigenvalue weighted by atomic mass is 79.9. The lowest BCUT2D eigenvalue weighted by Crippen LogP contribution is -2.19. The SMILES string of the molecule is COc1ccc(/C=C2\SC(=Nc3cccc(C)c3)NC2=O)cc1Br. The summed E-state index contributed by atoms with van der Waals surface area (Å²) in [6.45, 7) is 2.01. The lowest BCUT2D eigenvalue weighted by Gasteiger charge is -2.03. The van der Waals surface area contributed by atoms with E-state index in [1.165, 1.54) is 11.8 Å². The second kappa shape index (κ2) is 7.23. The molecule has 0 aromatic heterocycles. The molecular weight excluding hydrogens is 388 g/mol. The Morgan fingerprint density at radius 1 is 1.25 bits per heavy atom. The van der Waals surface area contributed by atoms with Gasteiger partial charge in [-0.15, -0.1) is 0 Å². The number of nitrogens with one attached hydrogen (secondary N) is 1. The highest BCUT2D eigenvalue weighted by molar-refractivity contribution is 9.10. The smallest absolute Gasteiger partial charge is 0.264 e. The Hall–Kier alpha value is -2.05. The lowest BCUT2D eigenvalue weighted by molar-refractivity contribution is -0.115. The first kappa shape index (κ1) is 16.8. The largest absolute Gasteiger partial charge is 0.496 e. The van der Waals surface area contributed by atoms with E-state index in [4.69, 9.17) is 4.74 Å². The van der Waals surface area contributed by atoms with Crippen LogP contribution in [0.5, 0.6) is 5.75 Å². The van der Waals surface area contributed by atoms with E-state index in [2.05, 4.69) is 26.2 Å². The van der Waals surface area contributed by atoms with Crippen molar-refractivity contribution in [3.8, 4) is 5.75 Å². The number of carbonyl (C=O) groups is 1. The summed E-state index contributed by atoms with van der Waals surface area (Å²) < 4.78 is 6.06. The predicted molar refractivity (Wildman–Crippen MR) is 103 cm³/mol. The summed E-state index contributed by atoms with van der Waals surface area (Å²) in [7, 11) is 1.62. The van der Waals surface area contributed by atoms with Crippen LogP contribution in [0.15, 0.2) is 56.8 Å². The van der Waals surface area contributed by atoms with Crippen LogP contribution in [0, 0.1) is 6.92 Å². The van der Waals surface area contributed by atoms with Gasteiger partial charge in [-0.05, 0) is 76.1 Å². The number of methoxy groups -OCH3 is 1. The highest BCUT2D eigenvalue weighted by Gasteiger charge is 2.23. The molecule has 2 aromatic carbocycles. The van der Waals surface area contributed by atoms with Crippen LogP contribution >= 0.6 is 27.7 Å². The summed E-state index contributed by atoms with van der Waals surface area (Å²) in [6.07, 6.45) is 1.84. The number of halogens is 1. The number of carbonyl (C=O) groups excluding carboxylic acids is 1. The monoisotopic (exact) mass is 402 g/mol. The maximum absolute atomic E-state index is 12.1. The molecule has 0 unspecified atom stereocenters. The Labute approximate surface area is 153 Å². The summed E-state index contributed by atoms with van der Waals surface area (Å²) in [6, 6.07) is 13.5. The number of benzene rings is 2. The van der Waals surface area contributed by atoms with Crippen LogP contribution in [-0.2, 0) is 4.79 Å². The van der Waals surface area contributed by atoms with Gasteiger partial charge in [0.1, 0.15) is 5.75 Å². The quantitative estimate of drug-likeness (QED) is 0.759. The van der Waals surface area contributed by atoms with Crippen LogP contribution in [0.2, 0.25) is 0 Å². The zero-order chi connectivity index (χ0) is 17.1. The van der Waals surface area contributed by atoms with Gasteiger partial charge in [0, 0.05) is 0 Å². The Morgan fingerprint density at radius 3 is 2.79 bits per heavy atom. The van der Waals surface area contributed by atoms with E-state index in [0.29, 0.717) is 10.1 Å². The highest BCUT2D eigenvalue weighted by Crippen LogP contribution is 2.31. The zero-order valence-electron chi connectivity index (χ0n) is 13.2. The number of ether oxygens (including phenoxy) is 1. The van der Waals surface area contributed by atoms with Gasteiger partial charge in [-0.3, -0.25) is 4.79 Å². The standard InChI is InChI=1S/C18H15BrN2O2S/c1-11-4-3-5-13(8-11)20-18-21-17(22)16(24-18)10-12-6-7-15(23-2)14(19)9-12/h3-10H,1-2H3,(H,20,21,22)/b16-10-. The van der Waals surface area contributed by atoms with Gasteiger partial charge in [0.05, 0.1) is 22.2 Å². The number of nitrogens with zero attached hydrogens (tertiary/aromatic N) is 1. The third-order valence-electron chi connectivity index (χ3n) is 3.36. The van der Waals surface area contributed by atoms with Gasteiger partial charge in [0.2, 0.25) is 0 Å². The summed E-state index contributed by atoms with van der Waals surface area (Å²) in [5.41, 5.74) is 2.87. The van der Waals surface area contributed by atoms with Crippen LogP contribution in [-0.4, -0.2) is 18.2 Å². The van der Waals surface area contributed by atoms with E-state index in [9.17, 15) is 4.79 Å². The molecule has 3 rings (SSSR count).